The molecular weight excluding hydrogens is 216 g/mol. The first-order valence-corrected chi connectivity index (χ1v) is 5.87. The lowest BCUT2D eigenvalue weighted by molar-refractivity contribution is -0.149. The predicted molar refractivity (Wildman–Crippen MR) is 65.5 cm³/mol. The fourth-order valence-corrected chi connectivity index (χ4v) is 2.13. The smallest absolute Gasteiger partial charge is 0.248 e. The second-order valence-corrected chi connectivity index (χ2v) is 4.28. The van der Waals surface area contributed by atoms with Crippen LogP contribution in [0.15, 0.2) is 24.3 Å². The highest BCUT2D eigenvalue weighted by Crippen LogP contribution is 2.24. The van der Waals surface area contributed by atoms with Crippen molar-refractivity contribution < 1.29 is 9.53 Å². The van der Waals surface area contributed by atoms with E-state index in [1.807, 2.05) is 12.1 Å². The quantitative estimate of drug-likeness (QED) is 0.843. The van der Waals surface area contributed by atoms with Gasteiger partial charge < -0.3 is 15.4 Å². The molecule has 0 spiro atoms. The number of carbonyl (C=O) groups excluding carboxylic acids is 1. The SMILES string of the molecule is Cc1ccccc1C1CN(CCN)C(=O)CO1. The van der Waals surface area contributed by atoms with Crippen LogP contribution < -0.4 is 5.73 Å². The highest BCUT2D eigenvalue weighted by molar-refractivity contribution is 5.78. The van der Waals surface area contributed by atoms with Crippen LogP contribution in [0.5, 0.6) is 0 Å². The molecular formula is C13H18N2O2. The zero-order chi connectivity index (χ0) is 12.3. The molecule has 1 unspecified atom stereocenters. The van der Waals surface area contributed by atoms with E-state index < -0.39 is 0 Å². The summed E-state index contributed by atoms with van der Waals surface area (Å²) in [6, 6.07) is 8.11. The van der Waals surface area contributed by atoms with Gasteiger partial charge in [0.25, 0.3) is 0 Å². The van der Waals surface area contributed by atoms with E-state index in [1.165, 1.54) is 5.56 Å². The summed E-state index contributed by atoms with van der Waals surface area (Å²) in [5.74, 6) is 0.0280. The number of morpholine rings is 1. The standard InChI is InChI=1S/C13H18N2O2/c1-10-4-2-3-5-11(10)12-8-15(7-6-14)13(16)9-17-12/h2-5,12H,6-9,14H2,1H3. The van der Waals surface area contributed by atoms with Crippen molar-refractivity contribution in [1.82, 2.24) is 4.90 Å². The van der Waals surface area contributed by atoms with Crippen molar-refractivity contribution in [1.29, 1.82) is 0 Å². The first-order chi connectivity index (χ1) is 8.22. The van der Waals surface area contributed by atoms with E-state index in [-0.39, 0.29) is 18.6 Å². The molecule has 0 radical (unpaired) electrons. The minimum Gasteiger partial charge on any atom is -0.362 e. The Morgan fingerprint density at radius 2 is 2.24 bits per heavy atom. The summed E-state index contributed by atoms with van der Waals surface area (Å²) < 4.78 is 5.60. The van der Waals surface area contributed by atoms with Crippen LogP contribution in [-0.2, 0) is 9.53 Å². The number of hydrogen-bond acceptors (Lipinski definition) is 3. The summed E-state index contributed by atoms with van der Waals surface area (Å²) in [6.45, 7) is 3.90. The van der Waals surface area contributed by atoms with Crippen LogP contribution in [0.25, 0.3) is 0 Å². The fraction of sp³-hybridized carbons (Fsp3) is 0.462. The first kappa shape index (κ1) is 12.1. The third-order valence-corrected chi connectivity index (χ3v) is 3.08. The molecule has 0 bridgehead atoms. The Morgan fingerprint density at radius 3 is 2.94 bits per heavy atom. The van der Waals surface area contributed by atoms with Crippen molar-refractivity contribution in [3.63, 3.8) is 0 Å². The maximum Gasteiger partial charge on any atom is 0.248 e. The van der Waals surface area contributed by atoms with E-state index in [9.17, 15) is 4.79 Å². The molecule has 4 heteroatoms. The lowest BCUT2D eigenvalue weighted by atomic mass is 10.0. The van der Waals surface area contributed by atoms with Gasteiger partial charge in [-0.05, 0) is 18.1 Å². The molecule has 2 N–H and O–H groups in total. The van der Waals surface area contributed by atoms with Gasteiger partial charge in [-0.25, -0.2) is 0 Å². The van der Waals surface area contributed by atoms with Gasteiger partial charge in [-0.1, -0.05) is 24.3 Å². The zero-order valence-electron chi connectivity index (χ0n) is 10.1. The molecule has 2 rings (SSSR count). The molecule has 1 saturated heterocycles. The van der Waals surface area contributed by atoms with E-state index in [0.717, 1.165) is 5.56 Å². The van der Waals surface area contributed by atoms with Gasteiger partial charge in [0.2, 0.25) is 5.91 Å². The average Bonchev–Trinajstić information content (AvgIpc) is 2.33. The molecule has 1 aliphatic rings. The van der Waals surface area contributed by atoms with E-state index >= 15 is 0 Å². The van der Waals surface area contributed by atoms with Gasteiger partial charge in [-0.2, -0.15) is 0 Å². The van der Waals surface area contributed by atoms with Crippen LogP contribution in [-0.4, -0.2) is 37.0 Å². The summed E-state index contributed by atoms with van der Waals surface area (Å²) >= 11 is 0. The molecule has 1 aromatic carbocycles. The molecule has 1 aliphatic heterocycles. The summed E-state index contributed by atoms with van der Waals surface area (Å²) in [7, 11) is 0. The summed E-state index contributed by atoms with van der Waals surface area (Å²) in [5, 5.41) is 0. The monoisotopic (exact) mass is 234 g/mol. The number of amides is 1. The normalized spacial score (nSPS) is 20.7. The number of carbonyl (C=O) groups is 1. The first-order valence-electron chi connectivity index (χ1n) is 5.87. The van der Waals surface area contributed by atoms with Crippen molar-refractivity contribution in [3.8, 4) is 0 Å². The highest BCUT2D eigenvalue weighted by Gasteiger charge is 2.27. The number of nitrogens with zero attached hydrogens (tertiary/aromatic N) is 1. The number of nitrogens with two attached hydrogens (primary N) is 1. The zero-order valence-corrected chi connectivity index (χ0v) is 10.1. The third-order valence-electron chi connectivity index (χ3n) is 3.08. The molecule has 1 atom stereocenters. The lowest BCUT2D eigenvalue weighted by Crippen LogP contribution is -2.45. The average molecular weight is 234 g/mol. The van der Waals surface area contributed by atoms with E-state index in [1.54, 1.807) is 4.90 Å². The molecule has 1 aromatic rings. The van der Waals surface area contributed by atoms with Crippen molar-refractivity contribution in [2.24, 2.45) is 5.73 Å². The Balaban J connectivity index is 2.13. The van der Waals surface area contributed by atoms with Crippen LogP contribution in [0.4, 0.5) is 0 Å². The maximum atomic E-state index is 11.6. The Bertz CT molecular complexity index is 406. The summed E-state index contributed by atoms with van der Waals surface area (Å²) in [4.78, 5) is 13.4. The van der Waals surface area contributed by atoms with Gasteiger partial charge in [0.05, 0.1) is 6.54 Å². The van der Waals surface area contributed by atoms with E-state index in [4.69, 9.17) is 10.5 Å². The van der Waals surface area contributed by atoms with Gasteiger partial charge in [-0.3, -0.25) is 4.79 Å². The molecule has 1 heterocycles. The summed E-state index contributed by atoms with van der Waals surface area (Å²) in [5.41, 5.74) is 7.85. The molecule has 1 fully saturated rings. The molecule has 4 nitrogen and oxygen atoms in total. The van der Waals surface area contributed by atoms with Crippen LogP contribution in [0, 0.1) is 6.92 Å². The van der Waals surface area contributed by atoms with Crippen molar-refractivity contribution in [2.75, 3.05) is 26.2 Å². The van der Waals surface area contributed by atoms with Gasteiger partial charge in [0.1, 0.15) is 12.7 Å². The fourth-order valence-electron chi connectivity index (χ4n) is 2.13. The molecule has 17 heavy (non-hydrogen) atoms. The molecule has 1 amide bonds. The van der Waals surface area contributed by atoms with Crippen LogP contribution >= 0.6 is 0 Å². The number of ether oxygens (including phenoxy) is 1. The Kier molecular flexibility index (Phi) is 3.76. The molecule has 0 aliphatic carbocycles. The van der Waals surface area contributed by atoms with Crippen LogP contribution in [0.3, 0.4) is 0 Å². The maximum absolute atomic E-state index is 11.6. The number of hydrogen-bond donors (Lipinski definition) is 1. The van der Waals surface area contributed by atoms with Crippen LogP contribution in [0.2, 0.25) is 0 Å². The number of benzene rings is 1. The van der Waals surface area contributed by atoms with Crippen molar-refractivity contribution >= 4 is 5.91 Å². The number of aryl methyl sites for hydroxylation is 1. The lowest BCUT2D eigenvalue weighted by Gasteiger charge is -2.33. The van der Waals surface area contributed by atoms with Gasteiger partial charge in [0, 0.05) is 13.1 Å². The van der Waals surface area contributed by atoms with Crippen molar-refractivity contribution in [3.05, 3.63) is 35.4 Å². The second kappa shape index (κ2) is 5.29. The third kappa shape index (κ3) is 2.65. The Labute approximate surface area is 101 Å². The van der Waals surface area contributed by atoms with Gasteiger partial charge >= 0.3 is 0 Å². The minimum atomic E-state index is -0.0274. The largest absolute Gasteiger partial charge is 0.362 e. The molecule has 0 aromatic heterocycles. The van der Waals surface area contributed by atoms with E-state index in [2.05, 4.69) is 19.1 Å². The van der Waals surface area contributed by atoms with Gasteiger partial charge in [-0.15, -0.1) is 0 Å². The predicted octanol–water partition coefficient (Wildman–Crippen LogP) is 0.854. The van der Waals surface area contributed by atoms with E-state index in [0.29, 0.717) is 19.6 Å². The summed E-state index contributed by atoms with van der Waals surface area (Å²) in [6.07, 6.45) is -0.0274. The van der Waals surface area contributed by atoms with Gasteiger partial charge in [0.15, 0.2) is 0 Å². The minimum absolute atomic E-state index is 0.0274. The Morgan fingerprint density at radius 1 is 1.47 bits per heavy atom. The number of rotatable bonds is 3. The molecule has 0 saturated carbocycles. The highest BCUT2D eigenvalue weighted by atomic mass is 16.5. The van der Waals surface area contributed by atoms with Crippen LogP contribution in [0.1, 0.15) is 17.2 Å². The van der Waals surface area contributed by atoms with Crippen molar-refractivity contribution in [2.45, 2.75) is 13.0 Å². The Hall–Kier alpha value is -1.39. The second-order valence-electron chi connectivity index (χ2n) is 4.28. The molecule has 92 valence electrons. The topological polar surface area (TPSA) is 55.6 Å².